The SMILES string of the molecule is CCNCc1cc(C)nc(N(C)C2CCCC(C)C2)c1. The summed E-state index contributed by atoms with van der Waals surface area (Å²) in [6.45, 7) is 8.55. The quantitative estimate of drug-likeness (QED) is 0.891. The van der Waals surface area contributed by atoms with E-state index in [1.54, 1.807) is 0 Å². The molecular formula is C17H29N3. The van der Waals surface area contributed by atoms with Crippen LogP contribution >= 0.6 is 0 Å². The summed E-state index contributed by atoms with van der Waals surface area (Å²) in [7, 11) is 2.21. The second-order valence-electron chi connectivity index (χ2n) is 6.29. The van der Waals surface area contributed by atoms with Crippen molar-refractivity contribution >= 4 is 5.82 Å². The second kappa shape index (κ2) is 7.07. The maximum Gasteiger partial charge on any atom is 0.129 e. The first-order chi connectivity index (χ1) is 9.60. The minimum Gasteiger partial charge on any atom is -0.357 e. The van der Waals surface area contributed by atoms with E-state index in [1.807, 2.05) is 0 Å². The topological polar surface area (TPSA) is 28.2 Å². The van der Waals surface area contributed by atoms with Crippen molar-refractivity contribution in [2.45, 2.75) is 59.0 Å². The molecule has 0 radical (unpaired) electrons. The van der Waals surface area contributed by atoms with Gasteiger partial charge in [-0.15, -0.1) is 0 Å². The number of aromatic nitrogens is 1. The van der Waals surface area contributed by atoms with Crippen LogP contribution in [0.5, 0.6) is 0 Å². The highest BCUT2D eigenvalue weighted by Gasteiger charge is 2.23. The van der Waals surface area contributed by atoms with E-state index < -0.39 is 0 Å². The van der Waals surface area contributed by atoms with Crippen LogP contribution in [0.4, 0.5) is 5.82 Å². The van der Waals surface area contributed by atoms with Gasteiger partial charge in [0.15, 0.2) is 0 Å². The Balaban J connectivity index is 2.11. The number of hydrogen-bond acceptors (Lipinski definition) is 3. The summed E-state index contributed by atoms with van der Waals surface area (Å²) >= 11 is 0. The molecule has 0 aliphatic heterocycles. The molecule has 20 heavy (non-hydrogen) atoms. The molecular weight excluding hydrogens is 246 g/mol. The van der Waals surface area contributed by atoms with Crippen LogP contribution in [0.25, 0.3) is 0 Å². The highest BCUT2D eigenvalue weighted by atomic mass is 15.2. The summed E-state index contributed by atoms with van der Waals surface area (Å²) in [5.74, 6) is 1.99. The maximum absolute atomic E-state index is 4.74. The Morgan fingerprint density at radius 2 is 2.15 bits per heavy atom. The van der Waals surface area contributed by atoms with E-state index in [1.165, 1.54) is 31.2 Å². The molecule has 1 aliphatic carbocycles. The lowest BCUT2D eigenvalue weighted by atomic mass is 9.86. The number of pyridine rings is 1. The van der Waals surface area contributed by atoms with Gasteiger partial charge in [0.05, 0.1) is 0 Å². The van der Waals surface area contributed by atoms with Crippen molar-refractivity contribution in [3.63, 3.8) is 0 Å². The maximum atomic E-state index is 4.74. The van der Waals surface area contributed by atoms with Crippen molar-refractivity contribution in [3.8, 4) is 0 Å². The van der Waals surface area contributed by atoms with Crippen molar-refractivity contribution in [2.24, 2.45) is 5.92 Å². The van der Waals surface area contributed by atoms with E-state index in [2.05, 4.69) is 50.2 Å². The number of nitrogens with one attached hydrogen (secondary N) is 1. The van der Waals surface area contributed by atoms with Gasteiger partial charge in [-0.05, 0) is 49.9 Å². The van der Waals surface area contributed by atoms with Gasteiger partial charge < -0.3 is 10.2 Å². The first-order valence-corrected chi connectivity index (χ1v) is 8.01. The molecule has 3 nitrogen and oxygen atoms in total. The van der Waals surface area contributed by atoms with Gasteiger partial charge in [-0.2, -0.15) is 0 Å². The molecule has 0 amide bonds. The summed E-state index contributed by atoms with van der Waals surface area (Å²) in [5.41, 5.74) is 2.45. The second-order valence-corrected chi connectivity index (χ2v) is 6.29. The van der Waals surface area contributed by atoms with E-state index >= 15 is 0 Å². The van der Waals surface area contributed by atoms with Crippen molar-refractivity contribution in [1.82, 2.24) is 10.3 Å². The normalized spacial score (nSPS) is 22.8. The standard InChI is InChI=1S/C17H29N3/c1-5-18-12-15-10-14(3)19-17(11-15)20(4)16-8-6-7-13(2)9-16/h10-11,13,16,18H,5-9,12H2,1-4H3. The Morgan fingerprint density at radius 1 is 1.35 bits per heavy atom. The zero-order valence-corrected chi connectivity index (χ0v) is 13.4. The van der Waals surface area contributed by atoms with E-state index in [9.17, 15) is 0 Å². The molecule has 3 heteroatoms. The van der Waals surface area contributed by atoms with Gasteiger partial charge in [0.2, 0.25) is 0 Å². The molecule has 0 saturated heterocycles. The number of hydrogen-bond donors (Lipinski definition) is 1. The van der Waals surface area contributed by atoms with Crippen molar-refractivity contribution in [2.75, 3.05) is 18.5 Å². The Morgan fingerprint density at radius 3 is 2.85 bits per heavy atom. The van der Waals surface area contributed by atoms with Crippen LogP contribution in [-0.4, -0.2) is 24.6 Å². The lowest BCUT2D eigenvalue weighted by Crippen LogP contribution is -2.36. The molecule has 0 spiro atoms. The molecule has 112 valence electrons. The molecule has 1 heterocycles. The van der Waals surface area contributed by atoms with Gasteiger partial charge in [0.25, 0.3) is 0 Å². The van der Waals surface area contributed by atoms with Crippen molar-refractivity contribution < 1.29 is 0 Å². The minimum atomic E-state index is 0.653. The van der Waals surface area contributed by atoms with E-state index in [-0.39, 0.29) is 0 Å². The average molecular weight is 275 g/mol. The molecule has 1 aromatic rings. The Hall–Kier alpha value is -1.09. The molecule has 1 fully saturated rings. The fourth-order valence-electron chi connectivity index (χ4n) is 3.21. The summed E-state index contributed by atoms with van der Waals surface area (Å²) in [4.78, 5) is 7.14. The van der Waals surface area contributed by atoms with Crippen LogP contribution < -0.4 is 10.2 Å². The van der Waals surface area contributed by atoms with Crippen LogP contribution in [0, 0.1) is 12.8 Å². The van der Waals surface area contributed by atoms with Crippen LogP contribution in [0.2, 0.25) is 0 Å². The molecule has 1 aromatic heterocycles. The van der Waals surface area contributed by atoms with Gasteiger partial charge in [0, 0.05) is 25.3 Å². The van der Waals surface area contributed by atoms with Gasteiger partial charge >= 0.3 is 0 Å². The Labute approximate surface area is 123 Å². The average Bonchev–Trinajstić information content (AvgIpc) is 2.43. The highest BCUT2D eigenvalue weighted by molar-refractivity contribution is 5.43. The van der Waals surface area contributed by atoms with Gasteiger partial charge in [-0.1, -0.05) is 26.7 Å². The summed E-state index contributed by atoms with van der Waals surface area (Å²) in [5, 5.41) is 3.40. The molecule has 0 bridgehead atoms. The fraction of sp³-hybridized carbons (Fsp3) is 0.706. The number of anilines is 1. The predicted molar refractivity (Wildman–Crippen MR) is 86.2 cm³/mol. The monoisotopic (exact) mass is 275 g/mol. The van der Waals surface area contributed by atoms with Gasteiger partial charge in [-0.3, -0.25) is 0 Å². The zero-order valence-electron chi connectivity index (χ0n) is 13.4. The minimum absolute atomic E-state index is 0.653. The largest absolute Gasteiger partial charge is 0.357 e. The first kappa shape index (κ1) is 15.3. The molecule has 2 atom stereocenters. The molecule has 1 aliphatic rings. The fourth-order valence-corrected chi connectivity index (χ4v) is 3.21. The third-order valence-corrected chi connectivity index (χ3v) is 4.40. The molecule has 1 N–H and O–H groups in total. The Bertz CT molecular complexity index is 430. The summed E-state index contributed by atoms with van der Waals surface area (Å²) in [6.07, 6.45) is 5.34. The zero-order chi connectivity index (χ0) is 14.5. The highest BCUT2D eigenvalue weighted by Crippen LogP contribution is 2.29. The molecule has 0 aromatic carbocycles. The number of aryl methyl sites for hydroxylation is 1. The molecule has 2 unspecified atom stereocenters. The predicted octanol–water partition coefficient (Wildman–Crippen LogP) is 3.51. The summed E-state index contributed by atoms with van der Waals surface area (Å²) in [6, 6.07) is 5.08. The first-order valence-electron chi connectivity index (χ1n) is 8.01. The van der Waals surface area contributed by atoms with Gasteiger partial charge in [0.1, 0.15) is 5.82 Å². The van der Waals surface area contributed by atoms with E-state index in [0.717, 1.165) is 30.5 Å². The van der Waals surface area contributed by atoms with Crippen molar-refractivity contribution in [3.05, 3.63) is 23.4 Å². The number of rotatable bonds is 5. The smallest absolute Gasteiger partial charge is 0.129 e. The van der Waals surface area contributed by atoms with E-state index in [4.69, 9.17) is 4.98 Å². The third-order valence-electron chi connectivity index (χ3n) is 4.40. The van der Waals surface area contributed by atoms with Crippen LogP contribution in [0.15, 0.2) is 12.1 Å². The van der Waals surface area contributed by atoms with E-state index in [0.29, 0.717) is 6.04 Å². The van der Waals surface area contributed by atoms with Crippen LogP contribution in [-0.2, 0) is 6.54 Å². The Kier molecular flexibility index (Phi) is 5.41. The summed E-state index contributed by atoms with van der Waals surface area (Å²) < 4.78 is 0. The van der Waals surface area contributed by atoms with Crippen molar-refractivity contribution in [1.29, 1.82) is 0 Å². The molecule has 1 saturated carbocycles. The lowest BCUT2D eigenvalue weighted by molar-refractivity contribution is 0.335. The third kappa shape index (κ3) is 3.95. The van der Waals surface area contributed by atoms with Crippen LogP contribution in [0.1, 0.15) is 50.8 Å². The van der Waals surface area contributed by atoms with Crippen LogP contribution in [0.3, 0.4) is 0 Å². The lowest BCUT2D eigenvalue weighted by Gasteiger charge is -2.35. The molecule has 2 rings (SSSR count). The van der Waals surface area contributed by atoms with Gasteiger partial charge in [-0.25, -0.2) is 4.98 Å². The number of nitrogens with zero attached hydrogens (tertiary/aromatic N) is 2.